The van der Waals surface area contributed by atoms with Crippen LogP contribution in [0.3, 0.4) is 0 Å². The number of carbonyl (C=O) groups is 1. The third-order valence-electron chi connectivity index (χ3n) is 4.70. The van der Waals surface area contributed by atoms with Crippen LogP contribution in [0.2, 0.25) is 0 Å². The standard InChI is InChI=1S/C17H24N2O4S/c1-13-12-19(10-11-23-13)17(20)18-14-6-8-16(9-7-14)24(21,22)15-4-2-3-5-15/h6-9,13,15H,2-5,10-12H2,1H3,(H,18,20). The molecule has 2 amide bonds. The van der Waals surface area contributed by atoms with Gasteiger partial charge in [-0.3, -0.25) is 0 Å². The summed E-state index contributed by atoms with van der Waals surface area (Å²) in [6.07, 6.45) is 3.49. The molecule has 1 heterocycles. The number of rotatable bonds is 3. The number of morpholine rings is 1. The number of carbonyl (C=O) groups excluding carboxylic acids is 1. The summed E-state index contributed by atoms with van der Waals surface area (Å²) in [6.45, 7) is 3.58. The topological polar surface area (TPSA) is 75.7 Å². The van der Waals surface area contributed by atoms with Gasteiger partial charge in [-0.25, -0.2) is 13.2 Å². The molecule has 0 spiro atoms. The Hall–Kier alpha value is -1.60. The van der Waals surface area contributed by atoms with Crippen molar-refractivity contribution in [3.63, 3.8) is 0 Å². The zero-order valence-electron chi connectivity index (χ0n) is 13.9. The molecule has 1 saturated heterocycles. The molecule has 0 bridgehead atoms. The van der Waals surface area contributed by atoms with Crippen LogP contribution in [-0.2, 0) is 14.6 Å². The van der Waals surface area contributed by atoms with Crippen LogP contribution < -0.4 is 5.32 Å². The van der Waals surface area contributed by atoms with Gasteiger partial charge in [0.05, 0.1) is 22.9 Å². The van der Waals surface area contributed by atoms with Crippen LogP contribution in [0.5, 0.6) is 0 Å². The van der Waals surface area contributed by atoms with E-state index >= 15 is 0 Å². The molecule has 1 saturated carbocycles. The van der Waals surface area contributed by atoms with E-state index in [-0.39, 0.29) is 17.4 Å². The highest BCUT2D eigenvalue weighted by Crippen LogP contribution is 2.30. The number of hydrogen-bond donors (Lipinski definition) is 1. The van der Waals surface area contributed by atoms with E-state index in [1.54, 1.807) is 29.2 Å². The lowest BCUT2D eigenvalue weighted by Gasteiger charge is -2.31. The zero-order valence-corrected chi connectivity index (χ0v) is 14.7. The number of ether oxygens (including phenoxy) is 1. The number of nitrogens with zero attached hydrogens (tertiary/aromatic N) is 1. The van der Waals surface area contributed by atoms with Crippen LogP contribution in [0.25, 0.3) is 0 Å². The summed E-state index contributed by atoms with van der Waals surface area (Å²) in [5.74, 6) is 0. The van der Waals surface area contributed by atoms with Crippen molar-refractivity contribution in [3.05, 3.63) is 24.3 Å². The minimum absolute atomic E-state index is 0.0310. The van der Waals surface area contributed by atoms with Gasteiger partial charge >= 0.3 is 6.03 Å². The molecule has 7 heteroatoms. The van der Waals surface area contributed by atoms with Crippen LogP contribution in [0.1, 0.15) is 32.6 Å². The molecule has 6 nitrogen and oxygen atoms in total. The maximum atomic E-state index is 12.5. The molecular weight excluding hydrogens is 328 g/mol. The molecule has 0 radical (unpaired) electrons. The second-order valence-corrected chi connectivity index (χ2v) is 8.76. The van der Waals surface area contributed by atoms with Gasteiger partial charge in [0.15, 0.2) is 9.84 Å². The minimum atomic E-state index is -3.25. The fraction of sp³-hybridized carbons (Fsp3) is 0.588. The molecule has 1 unspecified atom stereocenters. The van der Waals surface area contributed by atoms with Gasteiger partial charge in [0, 0.05) is 18.8 Å². The molecule has 1 aliphatic heterocycles. The van der Waals surface area contributed by atoms with E-state index in [2.05, 4.69) is 5.32 Å². The molecule has 24 heavy (non-hydrogen) atoms. The number of anilines is 1. The van der Waals surface area contributed by atoms with Gasteiger partial charge < -0.3 is 15.0 Å². The van der Waals surface area contributed by atoms with Crippen molar-refractivity contribution >= 4 is 21.6 Å². The Labute approximate surface area is 143 Å². The molecule has 1 aliphatic carbocycles. The Morgan fingerprint density at radius 2 is 1.88 bits per heavy atom. The highest BCUT2D eigenvalue weighted by molar-refractivity contribution is 7.92. The van der Waals surface area contributed by atoms with Crippen LogP contribution in [0.4, 0.5) is 10.5 Å². The van der Waals surface area contributed by atoms with Crippen molar-refractivity contribution in [3.8, 4) is 0 Å². The predicted molar refractivity (Wildman–Crippen MR) is 91.9 cm³/mol. The van der Waals surface area contributed by atoms with Gasteiger partial charge in [0.2, 0.25) is 0 Å². The molecule has 1 N–H and O–H groups in total. The van der Waals surface area contributed by atoms with Crippen molar-refractivity contribution in [1.82, 2.24) is 4.90 Å². The Balaban J connectivity index is 1.65. The summed E-state index contributed by atoms with van der Waals surface area (Å²) in [7, 11) is -3.25. The third kappa shape index (κ3) is 3.72. The smallest absolute Gasteiger partial charge is 0.322 e. The van der Waals surface area contributed by atoms with Crippen molar-refractivity contribution in [1.29, 1.82) is 0 Å². The lowest BCUT2D eigenvalue weighted by atomic mass is 10.3. The average molecular weight is 352 g/mol. The molecule has 0 aromatic heterocycles. The average Bonchev–Trinajstić information content (AvgIpc) is 3.10. The van der Waals surface area contributed by atoms with Crippen molar-refractivity contribution in [2.24, 2.45) is 0 Å². The van der Waals surface area contributed by atoms with E-state index in [4.69, 9.17) is 4.74 Å². The summed E-state index contributed by atoms with van der Waals surface area (Å²) in [6, 6.07) is 6.31. The predicted octanol–water partition coefficient (Wildman–Crippen LogP) is 2.66. The number of amides is 2. The summed E-state index contributed by atoms with van der Waals surface area (Å²) in [4.78, 5) is 14.3. The fourth-order valence-corrected chi connectivity index (χ4v) is 5.18. The second kappa shape index (κ2) is 7.11. The summed E-state index contributed by atoms with van der Waals surface area (Å²) in [5, 5.41) is 2.56. The first-order valence-corrected chi connectivity index (χ1v) is 10.0. The van der Waals surface area contributed by atoms with Crippen LogP contribution in [0.15, 0.2) is 29.2 Å². The van der Waals surface area contributed by atoms with Crippen LogP contribution in [-0.4, -0.2) is 50.4 Å². The Morgan fingerprint density at radius 1 is 1.21 bits per heavy atom. The van der Waals surface area contributed by atoms with Gasteiger partial charge in [-0.1, -0.05) is 12.8 Å². The number of benzene rings is 1. The number of urea groups is 1. The molecular formula is C17H24N2O4S. The molecule has 2 fully saturated rings. The quantitative estimate of drug-likeness (QED) is 0.907. The van der Waals surface area contributed by atoms with E-state index in [9.17, 15) is 13.2 Å². The highest BCUT2D eigenvalue weighted by atomic mass is 32.2. The molecule has 1 atom stereocenters. The van der Waals surface area contributed by atoms with E-state index < -0.39 is 9.84 Å². The first-order chi connectivity index (χ1) is 11.5. The normalized spacial score (nSPS) is 22.5. The molecule has 2 aliphatic rings. The van der Waals surface area contributed by atoms with Crippen LogP contribution in [0, 0.1) is 0 Å². The summed E-state index contributed by atoms with van der Waals surface area (Å²) in [5.41, 5.74) is 0.601. The van der Waals surface area contributed by atoms with Gasteiger partial charge in [-0.05, 0) is 44.0 Å². The Kier molecular flexibility index (Phi) is 5.10. The van der Waals surface area contributed by atoms with E-state index in [1.807, 2.05) is 6.92 Å². The molecule has 3 rings (SSSR count). The van der Waals surface area contributed by atoms with E-state index in [1.165, 1.54) is 0 Å². The SMILES string of the molecule is CC1CN(C(=O)Nc2ccc(S(=O)(=O)C3CCCC3)cc2)CCO1. The molecule has 1 aromatic carbocycles. The Bertz CT molecular complexity index is 681. The monoisotopic (exact) mass is 352 g/mol. The second-order valence-electron chi connectivity index (χ2n) is 6.53. The molecule has 132 valence electrons. The maximum absolute atomic E-state index is 12.5. The minimum Gasteiger partial charge on any atom is -0.375 e. The van der Waals surface area contributed by atoms with E-state index in [0.717, 1.165) is 25.7 Å². The zero-order chi connectivity index (χ0) is 17.2. The number of nitrogens with one attached hydrogen (secondary N) is 1. The molecule has 1 aromatic rings. The van der Waals surface area contributed by atoms with Gasteiger partial charge in [0.1, 0.15) is 0 Å². The van der Waals surface area contributed by atoms with Crippen LogP contribution >= 0.6 is 0 Å². The summed E-state index contributed by atoms with van der Waals surface area (Å²) >= 11 is 0. The third-order valence-corrected chi connectivity index (χ3v) is 6.98. The van der Waals surface area contributed by atoms with Crippen molar-refractivity contribution in [2.75, 3.05) is 25.0 Å². The van der Waals surface area contributed by atoms with Gasteiger partial charge in [-0.15, -0.1) is 0 Å². The van der Waals surface area contributed by atoms with Gasteiger partial charge in [-0.2, -0.15) is 0 Å². The first kappa shape index (κ1) is 17.2. The maximum Gasteiger partial charge on any atom is 0.322 e. The van der Waals surface area contributed by atoms with Crippen molar-refractivity contribution < 1.29 is 17.9 Å². The number of sulfone groups is 1. The first-order valence-electron chi connectivity index (χ1n) is 8.48. The van der Waals surface area contributed by atoms with E-state index in [0.29, 0.717) is 30.3 Å². The van der Waals surface area contributed by atoms with Gasteiger partial charge in [0.25, 0.3) is 0 Å². The lowest BCUT2D eigenvalue weighted by molar-refractivity contribution is -0.00138. The highest BCUT2D eigenvalue weighted by Gasteiger charge is 2.30. The van der Waals surface area contributed by atoms with Crippen molar-refractivity contribution in [2.45, 2.75) is 48.9 Å². The number of hydrogen-bond acceptors (Lipinski definition) is 4. The Morgan fingerprint density at radius 3 is 2.50 bits per heavy atom. The fourth-order valence-electron chi connectivity index (χ4n) is 3.32. The lowest BCUT2D eigenvalue weighted by Crippen LogP contribution is -2.46. The summed E-state index contributed by atoms with van der Waals surface area (Å²) < 4.78 is 30.5. The largest absolute Gasteiger partial charge is 0.375 e.